The number of unbranched alkanes of at least 4 members (excludes halogenated alkanes) is 1. The Kier molecular flexibility index (Phi) is 4.93. The number of nitrogens with two attached hydrogens (primary N) is 1. The molecule has 74 valence electrons. The van der Waals surface area contributed by atoms with Gasteiger partial charge >= 0.3 is 0 Å². The van der Waals surface area contributed by atoms with Gasteiger partial charge in [-0.25, -0.2) is 0 Å². The molecule has 13 heavy (non-hydrogen) atoms. The van der Waals surface area contributed by atoms with E-state index >= 15 is 0 Å². The largest absolute Gasteiger partial charge is 0.330 e. The average molecular weight is 199 g/mol. The predicted molar refractivity (Wildman–Crippen MR) is 56.9 cm³/mol. The average Bonchev–Trinajstić information content (AvgIpc) is 2.59. The molecule has 0 amide bonds. The van der Waals surface area contributed by atoms with Gasteiger partial charge < -0.3 is 5.73 Å². The van der Waals surface area contributed by atoms with Crippen LogP contribution in [0.5, 0.6) is 0 Å². The second kappa shape index (κ2) is 6.05. The molecule has 1 rings (SSSR count). The first-order valence-electron chi connectivity index (χ1n) is 4.72. The first-order chi connectivity index (χ1) is 6.36. The minimum atomic E-state index is 0.727. The zero-order chi connectivity index (χ0) is 9.52. The maximum absolute atomic E-state index is 5.42. The van der Waals surface area contributed by atoms with Crippen LogP contribution in [0, 0.1) is 0 Å². The summed E-state index contributed by atoms with van der Waals surface area (Å²) in [5.41, 5.74) is 5.42. The summed E-state index contributed by atoms with van der Waals surface area (Å²) < 4.78 is 2.00. The molecule has 3 nitrogen and oxygen atoms in total. The van der Waals surface area contributed by atoms with Gasteiger partial charge in [-0.1, -0.05) is 13.3 Å². The van der Waals surface area contributed by atoms with Crippen LogP contribution < -0.4 is 5.73 Å². The summed E-state index contributed by atoms with van der Waals surface area (Å²) in [6.07, 6.45) is 6.42. The lowest BCUT2D eigenvalue weighted by Gasteiger charge is -1.97. The van der Waals surface area contributed by atoms with Crippen LogP contribution in [0.15, 0.2) is 17.3 Å². The Morgan fingerprint density at radius 2 is 2.46 bits per heavy atom. The van der Waals surface area contributed by atoms with E-state index in [0.717, 1.165) is 18.8 Å². The summed E-state index contributed by atoms with van der Waals surface area (Å²) >= 11 is 1.77. The zero-order valence-electron chi connectivity index (χ0n) is 8.07. The predicted octanol–water partition coefficient (Wildman–Crippen LogP) is 1.73. The fraction of sp³-hybridized carbons (Fsp3) is 0.667. The van der Waals surface area contributed by atoms with Crippen molar-refractivity contribution in [1.82, 2.24) is 9.78 Å². The highest BCUT2D eigenvalue weighted by Gasteiger charge is 1.97. The lowest BCUT2D eigenvalue weighted by molar-refractivity contribution is 0.571. The quantitative estimate of drug-likeness (QED) is 0.710. The first kappa shape index (κ1) is 10.6. The molecule has 2 N–H and O–H groups in total. The van der Waals surface area contributed by atoms with Crippen molar-refractivity contribution in [3.63, 3.8) is 0 Å². The van der Waals surface area contributed by atoms with Crippen LogP contribution in [-0.4, -0.2) is 22.1 Å². The van der Waals surface area contributed by atoms with E-state index in [4.69, 9.17) is 5.73 Å². The van der Waals surface area contributed by atoms with Gasteiger partial charge in [0.05, 0.1) is 6.20 Å². The molecule has 1 aromatic heterocycles. The van der Waals surface area contributed by atoms with Crippen molar-refractivity contribution in [3.05, 3.63) is 12.4 Å². The van der Waals surface area contributed by atoms with Gasteiger partial charge in [-0.2, -0.15) is 5.10 Å². The van der Waals surface area contributed by atoms with Crippen molar-refractivity contribution >= 4 is 11.8 Å². The van der Waals surface area contributed by atoms with Crippen LogP contribution >= 0.6 is 11.8 Å². The van der Waals surface area contributed by atoms with Crippen molar-refractivity contribution in [2.45, 2.75) is 31.2 Å². The number of thioether (sulfide) groups is 1. The summed E-state index contributed by atoms with van der Waals surface area (Å²) in [6, 6.07) is 0. The van der Waals surface area contributed by atoms with Gasteiger partial charge in [-0.3, -0.25) is 4.68 Å². The molecule has 0 atom stereocenters. The number of hydrogen-bond donors (Lipinski definition) is 1. The van der Waals surface area contributed by atoms with Crippen LogP contribution in [0.1, 0.15) is 19.8 Å². The van der Waals surface area contributed by atoms with Crippen molar-refractivity contribution in [3.8, 4) is 0 Å². The molecular formula is C9H17N3S. The highest BCUT2D eigenvalue weighted by Crippen LogP contribution is 2.15. The third-order valence-corrected chi connectivity index (χ3v) is 2.72. The van der Waals surface area contributed by atoms with E-state index in [2.05, 4.69) is 18.2 Å². The molecule has 0 radical (unpaired) electrons. The second-order valence-electron chi connectivity index (χ2n) is 2.93. The van der Waals surface area contributed by atoms with E-state index in [9.17, 15) is 0 Å². The maximum Gasteiger partial charge on any atom is 0.0625 e. The Labute approximate surface area is 83.7 Å². The van der Waals surface area contributed by atoms with Gasteiger partial charge in [0.25, 0.3) is 0 Å². The van der Waals surface area contributed by atoms with E-state index in [-0.39, 0.29) is 0 Å². The molecule has 0 aliphatic carbocycles. The number of nitrogens with zero attached hydrogens (tertiary/aromatic N) is 2. The lowest BCUT2D eigenvalue weighted by atomic mass is 10.3. The van der Waals surface area contributed by atoms with Gasteiger partial charge in [0, 0.05) is 29.9 Å². The molecule has 0 aliphatic rings. The fourth-order valence-electron chi connectivity index (χ4n) is 1.04. The number of hydrogen-bond acceptors (Lipinski definition) is 3. The summed E-state index contributed by atoms with van der Waals surface area (Å²) in [7, 11) is 0. The summed E-state index contributed by atoms with van der Waals surface area (Å²) in [4.78, 5) is 1.22. The van der Waals surface area contributed by atoms with Gasteiger partial charge in [0.1, 0.15) is 0 Å². The van der Waals surface area contributed by atoms with E-state index in [1.807, 2.05) is 10.9 Å². The molecule has 4 heteroatoms. The molecule has 0 aliphatic heterocycles. The Hall–Kier alpha value is -0.480. The van der Waals surface area contributed by atoms with Crippen molar-refractivity contribution in [1.29, 1.82) is 0 Å². The summed E-state index contributed by atoms with van der Waals surface area (Å²) in [5.74, 6) is 0.972. The van der Waals surface area contributed by atoms with Gasteiger partial charge in [-0.05, 0) is 6.42 Å². The molecule has 1 aromatic rings. The van der Waals surface area contributed by atoms with Crippen LogP contribution in [0.25, 0.3) is 0 Å². The van der Waals surface area contributed by atoms with Crippen molar-refractivity contribution < 1.29 is 0 Å². The van der Waals surface area contributed by atoms with Gasteiger partial charge in [0.15, 0.2) is 0 Å². The second-order valence-corrected chi connectivity index (χ2v) is 4.10. The molecule has 0 bridgehead atoms. The molecule has 0 unspecified atom stereocenters. The van der Waals surface area contributed by atoms with Crippen molar-refractivity contribution in [2.75, 3.05) is 12.3 Å². The summed E-state index contributed by atoms with van der Waals surface area (Å²) in [6.45, 7) is 3.94. The minimum absolute atomic E-state index is 0.727. The standard InChI is InChI=1S/C9H17N3S/c1-2-3-5-12-8-9(7-11-12)13-6-4-10/h7-8H,2-6,10H2,1H3. The minimum Gasteiger partial charge on any atom is -0.330 e. The maximum atomic E-state index is 5.42. The molecule has 0 saturated heterocycles. The SMILES string of the molecule is CCCCn1cc(SCCN)cn1. The molecule has 0 fully saturated rings. The van der Waals surface area contributed by atoms with Gasteiger partial charge in [0.2, 0.25) is 0 Å². The molecular weight excluding hydrogens is 182 g/mol. The first-order valence-corrected chi connectivity index (χ1v) is 5.70. The zero-order valence-corrected chi connectivity index (χ0v) is 8.89. The van der Waals surface area contributed by atoms with E-state index in [1.54, 1.807) is 11.8 Å². The van der Waals surface area contributed by atoms with E-state index in [1.165, 1.54) is 17.7 Å². The topological polar surface area (TPSA) is 43.8 Å². The Bertz CT molecular complexity index is 212. The van der Waals surface area contributed by atoms with Crippen LogP contribution in [0.2, 0.25) is 0 Å². The number of aromatic nitrogens is 2. The van der Waals surface area contributed by atoms with Crippen LogP contribution in [0.3, 0.4) is 0 Å². The number of rotatable bonds is 6. The van der Waals surface area contributed by atoms with E-state index < -0.39 is 0 Å². The van der Waals surface area contributed by atoms with E-state index in [0.29, 0.717) is 0 Å². The molecule has 0 spiro atoms. The monoisotopic (exact) mass is 199 g/mol. The molecule has 1 heterocycles. The van der Waals surface area contributed by atoms with Crippen LogP contribution in [-0.2, 0) is 6.54 Å². The fourth-order valence-corrected chi connectivity index (χ4v) is 1.71. The third kappa shape index (κ3) is 3.83. The Morgan fingerprint density at radius 1 is 1.62 bits per heavy atom. The van der Waals surface area contributed by atoms with Gasteiger partial charge in [-0.15, -0.1) is 11.8 Å². The smallest absolute Gasteiger partial charge is 0.0625 e. The Morgan fingerprint density at radius 3 is 3.15 bits per heavy atom. The normalized spacial score (nSPS) is 10.6. The third-order valence-electron chi connectivity index (χ3n) is 1.74. The molecule has 0 saturated carbocycles. The highest BCUT2D eigenvalue weighted by atomic mass is 32.2. The Balaban J connectivity index is 2.34. The lowest BCUT2D eigenvalue weighted by Crippen LogP contribution is -2.00. The molecule has 0 aromatic carbocycles. The van der Waals surface area contributed by atoms with Crippen LogP contribution in [0.4, 0.5) is 0 Å². The number of aryl methyl sites for hydroxylation is 1. The highest BCUT2D eigenvalue weighted by molar-refractivity contribution is 7.99. The van der Waals surface area contributed by atoms with Crippen molar-refractivity contribution in [2.24, 2.45) is 5.73 Å². The summed E-state index contributed by atoms with van der Waals surface area (Å²) in [5, 5.41) is 4.26.